The average Bonchev–Trinajstić information content (AvgIpc) is 3.42. The molecule has 0 amide bonds. The lowest BCUT2D eigenvalue weighted by Crippen LogP contribution is -2.30. The van der Waals surface area contributed by atoms with Crippen molar-refractivity contribution in [3.05, 3.63) is 36.5 Å². The molecule has 0 rings (SSSR count). The Labute approximate surface area is 474 Å². The van der Waals surface area contributed by atoms with Crippen LogP contribution in [0.15, 0.2) is 36.5 Å². The molecule has 0 aromatic heterocycles. The Morgan fingerprint density at radius 1 is 0.250 bits per heavy atom. The Morgan fingerprint density at radius 3 is 0.724 bits per heavy atom. The van der Waals surface area contributed by atoms with Crippen LogP contribution < -0.4 is 0 Å². The third kappa shape index (κ3) is 62.5. The number of ether oxygens (including phenoxy) is 3. The fourth-order valence-corrected chi connectivity index (χ4v) is 10.2. The molecule has 0 saturated carbocycles. The van der Waals surface area contributed by atoms with Gasteiger partial charge in [-0.3, -0.25) is 14.4 Å². The summed E-state index contributed by atoms with van der Waals surface area (Å²) in [6.45, 7) is 6.59. The topological polar surface area (TPSA) is 78.9 Å². The average molecular weight is 1070 g/mol. The first-order chi connectivity index (χ1) is 37.5. The number of allylic oxidation sites excluding steroid dienone is 6. The summed E-state index contributed by atoms with van der Waals surface area (Å²) < 4.78 is 16.9. The monoisotopic (exact) mass is 1070 g/mol. The molecular weight excluding hydrogens is 937 g/mol. The molecule has 0 heterocycles. The molecule has 1 unspecified atom stereocenters. The van der Waals surface area contributed by atoms with Crippen molar-refractivity contribution in [3.8, 4) is 0 Å². The number of hydrogen-bond acceptors (Lipinski definition) is 6. The van der Waals surface area contributed by atoms with Crippen LogP contribution in [0.4, 0.5) is 0 Å². The number of carbonyl (C=O) groups excluding carboxylic acids is 3. The second-order valence-electron chi connectivity index (χ2n) is 23.1. The van der Waals surface area contributed by atoms with E-state index in [4.69, 9.17) is 14.2 Å². The lowest BCUT2D eigenvalue weighted by atomic mass is 10.0. The molecule has 6 nitrogen and oxygen atoms in total. The number of esters is 3. The summed E-state index contributed by atoms with van der Waals surface area (Å²) in [7, 11) is 0. The van der Waals surface area contributed by atoms with E-state index in [2.05, 4.69) is 57.2 Å². The predicted molar refractivity (Wildman–Crippen MR) is 330 cm³/mol. The number of carbonyl (C=O) groups is 3. The van der Waals surface area contributed by atoms with Gasteiger partial charge in [-0.15, -0.1) is 0 Å². The van der Waals surface area contributed by atoms with Gasteiger partial charge in [0.05, 0.1) is 0 Å². The number of rotatable bonds is 63. The van der Waals surface area contributed by atoms with E-state index in [0.29, 0.717) is 19.3 Å². The second-order valence-corrected chi connectivity index (χ2v) is 23.1. The zero-order chi connectivity index (χ0) is 55.0. The molecule has 0 saturated heterocycles. The van der Waals surface area contributed by atoms with Crippen LogP contribution in [0.25, 0.3) is 0 Å². The van der Waals surface area contributed by atoms with Gasteiger partial charge in [0.1, 0.15) is 13.2 Å². The van der Waals surface area contributed by atoms with E-state index in [1.54, 1.807) is 0 Å². The summed E-state index contributed by atoms with van der Waals surface area (Å²) in [6, 6.07) is 0. The summed E-state index contributed by atoms with van der Waals surface area (Å²) in [5.41, 5.74) is 0. The molecule has 76 heavy (non-hydrogen) atoms. The van der Waals surface area contributed by atoms with Gasteiger partial charge in [-0.2, -0.15) is 0 Å². The van der Waals surface area contributed by atoms with Gasteiger partial charge < -0.3 is 14.2 Å². The van der Waals surface area contributed by atoms with Crippen LogP contribution in [-0.2, 0) is 28.6 Å². The number of hydrogen-bond donors (Lipinski definition) is 0. The van der Waals surface area contributed by atoms with Crippen LogP contribution >= 0.6 is 0 Å². The smallest absolute Gasteiger partial charge is 0.306 e. The van der Waals surface area contributed by atoms with Gasteiger partial charge in [-0.25, -0.2) is 0 Å². The molecule has 0 aromatic rings. The molecule has 0 N–H and O–H groups in total. The SMILES string of the molecule is CCC/C=C\CCCCCCCC(=O)OCC(COC(=O)CCCCCCCCCCCCCCCCCCCCCCCCC/C=C\CCCCCCCCCC)OC(=O)CCCCCCC/C=C\CCCCCC. The molecule has 0 bridgehead atoms. The van der Waals surface area contributed by atoms with Crippen molar-refractivity contribution >= 4 is 17.9 Å². The minimum Gasteiger partial charge on any atom is -0.462 e. The zero-order valence-electron chi connectivity index (χ0n) is 51.3. The van der Waals surface area contributed by atoms with E-state index < -0.39 is 6.10 Å². The standard InChI is InChI=1S/C70H130O6/c1-4-7-10-13-16-19-22-24-25-26-27-28-29-30-31-32-33-34-35-36-37-38-39-40-41-42-43-44-45-47-48-51-54-57-60-63-69(72)75-66-67(65-74-68(71)62-59-56-53-50-21-18-15-12-9-6-3)76-70(73)64-61-58-55-52-49-46-23-20-17-14-11-8-5-2/h12,15,20,23,26-27,67H,4-11,13-14,16-19,21-22,24-25,28-66H2,1-3H3/b15-12-,23-20-,27-26-. The van der Waals surface area contributed by atoms with Crippen molar-refractivity contribution in [1.82, 2.24) is 0 Å². The van der Waals surface area contributed by atoms with Crippen molar-refractivity contribution < 1.29 is 28.6 Å². The maximum absolute atomic E-state index is 12.8. The maximum Gasteiger partial charge on any atom is 0.306 e. The minimum absolute atomic E-state index is 0.0742. The minimum atomic E-state index is -0.776. The first-order valence-electron chi connectivity index (χ1n) is 34.0. The van der Waals surface area contributed by atoms with Crippen LogP contribution in [0.2, 0.25) is 0 Å². The molecule has 0 aliphatic carbocycles. The molecule has 0 radical (unpaired) electrons. The van der Waals surface area contributed by atoms with Crippen LogP contribution in [0.5, 0.6) is 0 Å². The fourth-order valence-electron chi connectivity index (χ4n) is 10.2. The van der Waals surface area contributed by atoms with Crippen molar-refractivity contribution in [2.24, 2.45) is 0 Å². The highest BCUT2D eigenvalue weighted by molar-refractivity contribution is 5.71. The molecule has 1 atom stereocenters. The maximum atomic E-state index is 12.8. The molecule has 0 aliphatic rings. The highest BCUT2D eigenvalue weighted by Crippen LogP contribution is 2.18. The van der Waals surface area contributed by atoms with Gasteiger partial charge >= 0.3 is 17.9 Å². The Hall–Kier alpha value is -2.37. The Bertz CT molecular complexity index is 1270. The lowest BCUT2D eigenvalue weighted by Gasteiger charge is -2.18. The predicted octanol–water partition coefficient (Wildman–Crippen LogP) is 23.2. The highest BCUT2D eigenvalue weighted by Gasteiger charge is 2.19. The molecule has 0 aromatic carbocycles. The normalized spacial score (nSPS) is 12.2. The van der Waals surface area contributed by atoms with Crippen LogP contribution in [-0.4, -0.2) is 37.2 Å². The first-order valence-corrected chi connectivity index (χ1v) is 34.0. The van der Waals surface area contributed by atoms with Gasteiger partial charge in [-0.05, 0) is 89.9 Å². The molecule has 446 valence electrons. The first kappa shape index (κ1) is 73.6. The fraction of sp³-hybridized carbons (Fsp3) is 0.871. The van der Waals surface area contributed by atoms with Crippen LogP contribution in [0.1, 0.15) is 374 Å². The zero-order valence-corrected chi connectivity index (χ0v) is 51.3. The number of unbranched alkanes of at least 4 members (excludes halogenated alkanes) is 46. The van der Waals surface area contributed by atoms with Gasteiger partial charge in [0.15, 0.2) is 6.10 Å². The quantitative estimate of drug-likeness (QED) is 0.0261. The molecule has 0 spiro atoms. The van der Waals surface area contributed by atoms with E-state index in [9.17, 15) is 14.4 Å². The van der Waals surface area contributed by atoms with Crippen LogP contribution in [0.3, 0.4) is 0 Å². The van der Waals surface area contributed by atoms with Gasteiger partial charge in [0, 0.05) is 19.3 Å². The van der Waals surface area contributed by atoms with E-state index in [1.807, 2.05) is 0 Å². The van der Waals surface area contributed by atoms with E-state index >= 15 is 0 Å². The second kappa shape index (κ2) is 65.2. The van der Waals surface area contributed by atoms with Gasteiger partial charge in [-0.1, -0.05) is 301 Å². The Kier molecular flexibility index (Phi) is 63.1. The highest BCUT2D eigenvalue weighted by atomic mass is 16.6. The summed E-state index contributed by atoms with van der Waals surface area (Å²) in [6.07, 6.45) is 80.6. The molecule has 6 heteroatoms. The Morgan fingerprint density at radius 2 is 0.461 bits per heavy atom. The molecule has 0 fully saturated rings. The van der Waals surface area contributed by atoms with Crippen molar-refractivity contribution in [1.29, 1.82) is 0 Å². The summed E-state index contributed by atoms with van der Waals surface area (Å²) in [5, 5.41) is 0. The van der Waals surface area contributed by atoms with E-state index in [-0.39, 0.29) is 31.1 Å². The summed E-state index contributed by atoms with van der Waals surface area (Å²) >= 11 is 0. The van der Waals surface area contributed by atoms with Crippen molar-refractivity contribution in [2.75, 3.05) is 13.2 Å². The van der Waals surface area contributed by atoms with E-state index in [0.717, 1.165) is 77.0 Å². The summed E-state index contributed by atoms with van der Waals surface area (Å²) in [4.78, 5) is 38.1. The third-order valence-corrected chi connectivity index (χ3v) is 15.3. The van der Waals surface area contributed by atoms with Crippen LogP contribution in [0, 0.1) is 0 Å². The molecule has 0 aliphatic heterocycles. The molecular formula is C70H130O6. The van der Waals surface area contributed by atoms with Gasteiger partial charge in [0.2, 0.25) is 0 Å². The van der Waals surface area contributed by atoms with Gasteiger partial charge in [0.25, 0.3) is 0 Å². The van der Waals surface area contributed by atoms with Crippen molar-refractivity contribution in [2.45, 2.75) is 380 Å². The Balaban J connectivity index is 3.95. The van der Waals surface area contributed by atoms with Crippen molar-refractivity contribution in [3.63, 3.8) is 0 Å². The van der Waals surface area contributed by atoms with E-state index in [1.165, 1.54) is 257 Å². The summed E-state index contributed by atoms with van der Waals surface area (Å²) in [5.74, 6) is -0.875. The third-order valence-electron chi connectivity index (χ3n) is 15.3. The largest absolute Gasteiger partial charge is 0.462 e. The lowest BCUT2D eigenvalue weighted by molar-refractivity contribution is -0.167.